The summed E-state index contributed by atoms with van der Waals surface area (Å²) in [6.45, 7) is 0.243. The Kier molecular flexibility index (Phi) is 5.23. The zero-order valence-corrected chi connectivity index (χ0v) is 14.4. The Morgan fingerprint density at radius 2 is 1.82 bits per heavy atom. The van der Waals surface area contributed by atoms with E-state index >= 15 is 0 Å². The molecule has 0 aliphatic carbocycles. The Labute approximate surface area is 141 Å². The van der Waals surface area contributed by atoms with Gasteiger partial charge in [-0.3, -0.25) is 4.79 Å². The molecule has 0 saturated carbocycles. The van der Waals surface area contributed by atoms with Crippen molar-refractivity contribution < 1.29 is 13.2 Å². The fourth-order valence-corrected chi connectivity index (χ4v) is 2.83. The summed E-state index contributed by atoms with van der Waals surface area (Å²) in [5.41, 5.74) is 1.10. The Balaban J connectivity index is 2.07. The standard InChI is InChI=1S/C14H12BrClN2O3S/c15-10-3-6-13(16)12(7-10)14(19)18-8-9-1-4-11(5-2-9)22(17,20)21/h1-7H,8H2,(H,18,19)(H2,17,20,21). The number of hydrogen-bond acceptors (Lipinski definition) is 3. The zero-order valence-electron chi connectivity index (χ0n) is 11.2. The SMILES string of the molecule is NS(=O)(=O)c1ccc(CNC(=O)c2cc(Br)ccc2Cl)cc1. The van der Waals surface area contributed by atoms with Crippen LogP contribution in [-0.2, 0) is 16.6 Å². The molecule has 0 atom stereocenters. The number of benzene rings is 2. The molecule has 2 aromatic carbocycles. The molecule has 3 N–H and O–H groups in total. The summed E-state index contributed by atoms with van der Waals surface area (Å²) in [6, 6.07) is 10.9. The predicted molar refractivity (Wildman–Crippen MR) is 88.1 cm³/mol. The van der Waals surface area contributed by atoms with E-state index in [9.17, 15) is 13.2 Å². The number of carbonyl (C=O) groups excluding carboxylic acids is 1. The van der Waals surface area contributed by atoms with Gasteiger partial charge in [0.2, 0.25) is 10.0 Å². The second-order valence-corrected chi connectivity index (χ2v) is 7.38. The fourth-order valence-electron chi connectivity index (χ4n) is 1.75. The van der Waals surface area contributed by atoms with E-state index < -0.39 is 10.0 Å². The smallest absolute Gasteiger partial charge is 0.253 e. The summed E-state index contributed by atoms with van der Waals surface area (Å²) in [6.07, 6.45) is 0. The summed E-state index contributed by atoms with van der Waals surface area (Å²) in [4.78, 5) is 12.1. The highest BCUT2D eigenvalue weighted by molar-refractivity contribution is 9.10. The summed E-state index contributed by atoms with van der Waals surface area (Å²) < 4.78 is 23.1. The van der Waals surface area contributed by atoms with Gasteiger partial charge in [-0.05, 0) is 35.9 Å². The number of carbonyl (C=O) groups is 1. The largest absolute Gasteiger partial charge is 0.348 e. The Morgan fingerprint density at radius 1 is 1.18 bits per heavy atom. The number of sulfonamides is 1. The van der Waals surface area contributed by atoms with Gasteiger partial charge < -0.3 is 5.32 Å². The maximum Gasteiger partial charge on any atom is 0.253 e. The molecule has 116 valence electrons. The van der Waals surface area contributed by atoms with Gasteiger partial charge in [0, 0.05) is 11.0 Å². The first-order valence-corrected chi connectivity index (χ1v) is 8.84. The molecule has 0 aromatic heterocycles. The summed E-state index contributed by atoms with van der Waals surface area (Å²) in [5.74, 6) is -0.318. The molecule has 2 rings (SSSR count). The van der Waals surface area contributed by atoms with Gasteiger partial charge in [-0.1, -0.05) is 39.7 Å². The summed E-state index contributed by atoms with van der Waals surface area (Å²) >= 11 is 9.26. The van der Waals surface area contributed by atoms with E-state index in [1.54, 1.807) is 30.3 Å². The van der Waals surface area contributed by atoms with Crippen molar-refractivity contribution in [1.82, 2.24) is 5.32 Å². The molecule has 8 heteroatoms. The van der Waals surface area contributed by atoms with Crippen molar-refractivity contribution in [2.45, 2.75) is 11.4 Å². The van der Waals surface area contributed by atoms with Gasteiger partial charge in [0.25, 0.3) is 5.91 Å². The van der Waals surface area contributed by atoms with Crippen molar-refractivity contribution in [2.24, 2.45) is 5.14 Å². The summed E-state index contributed by atoms with van der Waals surface area (Å²) in [7, 11) is -3.71. The average Bonchev–Trinajstić information content (AvgIpc) is 2.47. The molecule has 0 bridgehead atoms. The predicted octanol–water partition coefficient (Wildman–Crippen LogP) is 2.68. The molecule has 0 fully saturated rings. The quantitative estimate of drug-likeness (QED) is 0.822. The summed E-state index contributed by atoms with van der Waals surface area (Å²) in [5, 5.41) is 8.09. The van der Waals surface area contributed by atoms with Crippen molar-refractivity contribution in [3.63, 3.8) is 0 Å². The number of nitrogens with two attached hydrogens (primary N) is 1. The highest BCUT2D eigenvalue weighted by Crippen LogP contribution is 2.21. The van der Waals surface area contributed by atoms with Gasteiger partial charge in [0.15, 0.2) is 0 Å². The third kappa shape index (κ3) is 4.30. The van der Waals surface area contributed by atoms with Crippen LogP contribution in [0.5, 0.6) is 0 Å². The normalized spacial score (nSPS) is 11.2. The zero-order chi connectivity index (χ0) is 16.3. The number of primary sulfonamides is 1. The molecule has 0 unspecified atom stereocenters. The average molecular weight is 404 g/mol. The van der Waals surface area contributed by atoms with Crippen LogP contribution in [0.15, 0.2) is 51.8 Å². The molecule has 0 saturated heterocycles. The Morgan fingerprint density at radius 3 is 2.41 bits per heavy atom. The van der Waals surface area contributed by atoms with Gasteiger partial charge in [0.1, 0.15) is 0 Å². The number of amides is 1. The molecule has 0 spiro atoms. The molecule has 5 nitrogen and oxygen atoms in total. The van der Waals surface area contributed by atoms with E-state index in [1.165, 1.54) is 12.1 Å². The lowest BCUT2D eigenvalue weighted by Crippen LogP contribution is -2.23. The number of nitrogens with one attached hydrogen (secondary N) is 1. The van der Waals surface area contributed by atoms with E-state index in [2.05, 4.69) is 21.2 Å². The molecular formula is C14H12BrClN2O3S. The van der Waals surface area contributed by atoms with Gasteiger partial charge >= 0.3 is 0 Å². The van der Waals surface area contributed by atoms with Crippen LogP contribution >= 0.6 is 27.5 Å². The second kappa shape index (κ2) is 6.78. The fraction of sp³-hybridized carbons (Fsp3) is 0.0714. The lowest BCUT2D eigenvalue weighted by molar-refractivity contribution is 0.0951. The lowest BCUT2D eigenvalue weighted by Gasteiger charge is -2.08. The van der Waals surface area contributed by atoms with Gasteiger partial charge in [-0.2, -0.15) is 0 Å². The van der Waals surface area contributed by atoms with Crippen molar-refractivity contribution in [3.8, 4) is 0 Å². The minimum absolute atomic E-state index is 0.0256. The number of hydrogen-bond donors (Lipinski definition) is 2. The first kappa shape index (κ1) is 17.0. The minimum Gasteiger partial charge on any atom is -0.348 e. The van der Waals surface area contributed by atoms with E-state index in [4.69, 9.17) is 16.7 Å². The van der Waals surface area contributed by atoms with Gasteiger partial charge in [0.05, 0.1) is 15.5 Å². The highest BCUT2D eigenvalue weighted by Gasteiger charge is 2.11. The van der Waals surface area contributed by atoms with Crippen molar-refractivity contribution in [3.05, 3.63) is 63.1 Å². The van der Waals surface area contributed by atoms with Crippen LogP contribution in [0.3, 0.4) is 0 Å². The maximum atomic E-state index is 12.1. The molecule has 1 amide bonds. The van der Waals surface area contributed by atoms with E-state index in [-0.39, 0.29) is 17.3 Å². The molecule has 2 aromatic rings. The van der Waals surface area contributed by atoms with Crippen LogP contribution in [0.25, 0.3) is 0 Å². The van der Waals surface area contributed by atoms with Crippen LogP contribution in [-0.4, -0.2) is 14.3 Å². The van der Waals surface area contributed by atoms with Crippen LogP contribution in [0.1, 0.15) is 15.9 Å². The third-order valence-electron chi connectivity index (χ3n) is 2.88. The van der Waals surface area contributed by atoms with Crippen molar-refractivity contribution >= 4 is 43.5 Å². The first-order valence-electron chi connectivity index (χ1n) is 6.12. The maximum absolute atomic E-state index is 12.1. The first-order chi connectivity index (χ1) is 10.3. The third-order valence-corrected chi connectivity index (χ3v) is 4.63. The van der Waals surface area contributed by atoms with E-state index in [1.807, 2.05) is 0 Å². The topological polar surface area (TPSA) is 89.3 Å². The van der Waals surface area contributed by atoms with Crippen LogP contribution in [0, 0.1) is 0 Å². The van der Waals surface area contributed by atoms with E-state index in [0.717, 1.165) is 10.0 Å². The molecule has 0 aliphatic heterocycles. The van der Waals surface area contributed by atoms with E-state index in [0.29, 0.717) is 10.6 Å². The number of rotatable bonds is 4. The minimum atomic E-state index is -3.71. The Bertz CT molecular complexity index is 807. The van der Waals surface area contributed by atoms with Gasteiger partial charge in [-0.15, -0.1) is 0 Å². The Hall–Kier alpha value is -1.41. The van der Waals surface area contributed by atoms with Crippen LogP contribution in [0.2, 0.25) is 5.02 Å². The van der Waals surface area contributed by atoms with Crippen molar-refractivity contribution in [1.29, 1.82) is 0 Å². The number of halogens is 2. The highest BCUT2D eigenvalue weighted by atomic mass is 79.9. The molecular weight excluding hydrogens is 392 g/mol. The monoisotopic (exact) mass is 402 g/mol. The molecule has 0 heterocycles. The van der Waals surface area contributed by atoms with Crippen LogP contribution < -0.4 is 10.5 Å². The second-order valence-electron chi connectivity index (χ2n) is 4.50. The molecule has 0 aliphatic rings. The van der Waals surface area contributed by atoms with Crippen LogP contribution in [0.4, 0.5) is 0 Å². The molecule has 0 radical (unpaired) electrons. The van der Waals surface area contributed by atoms with Crippen molar-refractivity contribution in [2.75, 3.05) is 0 Å². The molecule has 22 heavy (non-hydrogen) atoms. The van der Waals surface area contributed by atoms with Gasteiger partial charge in [-0.25, -0.2) is 13.6 Å². The lowest BCUT2D eigenvalue weighted by atomic mass is 10.2.